The topological polar surface area (TPSA) is 60.5 Å². The number of rotatable bonds is 6. The number of aromatic nitrogens is 1. The Morgan fingerprint density at radius 3 is 2.50 bits per heavy atom. The molecule has 0 fully saturated rings. The van der Waals surface area contributed by atoms with Gasteiger partial charge in [-0.2, -0.15) is 0 Å². The van der Waals surface area contributed by atoms with Gasteiger partial charge in [0.1, 0.15) is 16.5 Å². The molecule has 0 spiro atoms. The van der Waals surface area contributed by atoms with E-state index in [1.807, 2.05) is 24.3 Å². The third-order valence-electron chi connectivity index (χ3n) is 3.77. The molecule has 5 nitrogen and oxygen atoms in total. The zero-order valence-electron chi connectivity index (χ0n) is 15.0. The molecule has 28 heavy (non-hydrogen) atoms. The number of anilines is 1. The zero-order chi connectivity index (χ0) is 20.1. The number of halogens is 2. The molecule has 0 aliphatic carbocycles. The van der Waals surface area contributed by atoms with Crippen LogP contribution in [-0.4, -0.2) is 25.1 Å². The van der Waals surface area contributed by atoms with Crippen molar-refractivity contribution in [3.8, 4) is 11.5 Å². The Kier molecular flexibility index (Phi) is 6.83. The van der Waals surface area contributed by atoms with Gasteiger partial charge in [0, 0.05) is 27.7 Å². The highest BCUT2D eigenvalue weighted by molar-refractivity contribution is 9.10. The number of carbonyl (C=O) groups excluding carboxylic acids is 1. The average molecular weight is 480 g/mol. The van der Waals surface area contributed by atoms with Crippen LogP contribution in [0.1, 0.15) is 10.4 Å². The number of methoxy groups -OCH3 is 2. The highest BCUT2D eigenvalue weighted by Crippen LogP contribution is 2.36. The molecule has 0 radical (unpaired) electrons. The quantitative estimate of drug-likeness (QED) is 0.476. The largest absolute Gasteiger partial charge is 0.495 e. The van der Waals surface area contributed by atoms with E-state index in [-0.39, 0.29) is 5.91 Å². The molecule has 2 aromatic carbocycles. The monoisotopic (exact) mass is 478 g/mol. The molecule has 0 saturated heterocycles. The highest BCUT2D eigenvalue weighted by atomic mass is 79.9. The lowest BCUT2D eigenvalue weighted by molar-refractivity contribution is 0.102. The van der Waals surface area contributed by atoms with Gasteiger partial charge in [0.25, 0.3) is 5.91 Å². The lowest BCUT2D eigenvalue weighted by atomic mass is 10.2. The van der Waals surface area contributed by atoms with Gasteiger partial charge in [-0.15, -0.1) is 0 Å². The van der Waals surface area contributed by atoms with Crippen molar-refractivity contribution in [3.05, 3.63) is 69.8 Å². The zero-order valence-corrected chi connectivity index (χ0v) is 18.2. The molecule has 0 aliphatic rings. The van der Waals surface area contributed by atoms with Crippen molar-refractivity contribution >= 4 is 50.9 Å². The van der Waals surface area contributed by atoms with Crippen molar-refractivity contribution in [2.45, 2.75) is 9.92 Å². The summed E-state index contributed by atoms with van der Waals surface area (Å²) in [7, 11) is 3.01. The maximum atomic E-state index is 12.9. The van der Waals surface area contributed by atoms with E-state index in [9.17, 15) is 4.79 Å². The molecule has 1 heterocycles. The standard InChI is InChI=1S/C20H16BrClN2O3S/c1-26-17-11-16(18(27-2)10-15(17)22)24-19(25)14-4-3-9-23-20(14)28-13-7-5-12(21)6-8-13/h3-11H,1-2H3,(H,24,25). The summed E-state index contributed by atoms with van der Waals surface area (Å²) in [6.45, 7) is 0. The number of nitrogens with one attached hydrogen (secondary N) is 1. The van der Waals surface area contributed by atoms with E-state index in [1.165, 1.54) is 26.0 Å². The number of carbonyl (C=O) groups is 1. The number of hydrogen-bond acceptors (Lipinski definition) is 5. The van der Waals surface area contributed by atoms with Crippen LogP contribution in [0.4, 0.5) is 5.69 Å². The third kappa shape index (κ3) is 4.79. The fourth-order valence-electron chi connectivity index (χ4n) is 2.41. The van der Waals surface area contributed by atoms with E-state index < -0.39 is 0 Å². The second-order valence-electron chi connectivity index (χ2n) is 5.55. The predicted octanol–water partition coefficient (Wildman–Crippen LogP) is 5.92. The van der Waals surface area contributed by atoms with Crippen LogP contribution < -0.4 is 14.8 Å². The fraction of sp³-hybridized carbons (Fsp3) is 0.100. The minimum Gasteiger partial charge on any atom is -0.495 e. The minimum absolute atomic E-state index is 0.310. The van der Waals surface area contributed by atoms with Gasteiger partial charge >= 0.3 is 0 Å². The van der Waals surface area contributed by atoms with E-state index in [4.69, 9.17) is 21.1 Å². The van der Waals surface area contributed by atoms with Crippen LogP contribution in [0.2, 0.25) is 5.02 Å². The van der Waals surface area contributed by atoms with Crippen LogP contribution in [0.15, 0.2) is 69.1 Å². The van der Waals surface area contributed by atoms with Crippen molar-refractivity contribution in [3.63, 3.8) is 0 Å². The summed E-state index contributed by atoms with van der Waals surface area (Å²) in [6, 6.07) is 14.5. The SMILES string of the molecule is COc1cc(NC(=O)c2cccnc2Sc2ccc(Br)cc2)c(OC)cc1Cl. The van der Waals surface area contributed by atoms with E-state index in [1.54, 1.807) is 30.5 Å². The van der Waals surface area contributed by atoms with E-state index in [2.05, 4.69) is 26.2 Å². The van der Waals surface area contributed by atoms with Gasteiger partial charge in [-0.3, -0.25) is 4.79 Å². The molecule has 0 unspecified atom stereocenters. The Labute approximate surface area is 180 Å². The molecule has 144 valence electrons. The molecule has 0 saturated carbocycles. The molecule has 0 bridgehead atoms. The summed E-state index contributed by atoms with van der Waals surface area (Å²) < 4.78 is 11.5. The third-order valence-corrected chi connectivity index (χ3v) is 5.62. The summed E-state index contributed by atoms with van der Waals surface area (Å²) in [5.41, 5.74) is 0.906. The summed E-state index contributed by atoms with van der Waals surface area (Å²) >= 11 is 11.0. The van der Waals surface area contributed by atoms with Crippen LogP contribution in [0.3, 0.4) is 0 Å². The van der Waals surface area contributed by atoms with Crippen molar-refractivity contribution in [2.75, 3.05) is 19.5 Å². The van der Waals surface area contributed by atoms with Gasteiger partial charge < -0.3 is 14.8 Å². The molecule has 8 heteroatoms. The summed E-state index contributed by atoms with van der Waals surface area (Å²) in [5, 5.41) is 3.84. The Hall–Kier alpha value is -2.22. The van der Waals surface area contributed by atoms with Crippen molar-refractivity contribution in [2.24, 2.45) is 0 Å². The average Bonchev–Trinajstić information content (AvgIpc) is 2.71. The predicted molar refractivity (Wildman–Crippen MR) is 115 cm³/mol. The van der Waals surface area contributed by atoms with Crippen molar-refractivity contribution in [1.82, 2.24) is 4.98 Å². The molecule has 3 rings (SSSR count). The van der Waals surface area contributed by atoms with Gasteiger partial charge in [0.05, 0.1) is 30.5 Å². The molecule has 0 aliphatic heterocycles. The van der Waals surface area contributed by atoms with Gasteiger partial charge in [-0.1, -0.05) is 39.3 Å². The summed E-state index contributed by atoms with van der Waals surface area (Å²) in [5.74, 6) is 0.564. The molecule has 1 amide bonds. The van der Waals surface area contributed by atoms with Crippen molar-refractivity contribution in [1.29, 1.82) is 0 Å². The van der Waals surface area contributed by atoms with E-state index in [0.29, 0.717) is 32.8 Å². The Morgan fingerprint density at radius 2 is 1.82 bits per heavy atom. The second-order valence-corrected chi connectivity index (χ2v) is 7.94. The summed E-state index contributed by atoms with van der Waals surface area (Å²) in [4.78, 5) is 18.3. The number of benzene rings is 2. The Morgan fingerprint density at radius 1 is 1.11 bits per heavy atom. The first-order valence-electron chi connectivity index (χ1n) is 8.13. The van der Waals surface area contributed by atoms with E-state index >= 15 is 0 Å². The minimum atomic E-state index is -0.310. The number of amides is 1. The maximum Gasteiger partial charge on any atom is 0.258 e. The first kappa shape index (κ1) is 20.5. The van der Waals surface area contributed by atoms with Crippen LogP contribution >= 0.6 is 39.3 Å². The smallest absolute Gasteiger partial charge is 0.258 e. The fourth-order valence-corrected chi connectivity index (χ4v) is 3.78. The first-order valence-corrected chi connectivity index (χ1v) is 10.1. The number of nitrogens with zero attached hydrogens (tertiary/aromatic N) is 1. The number of ether oxygens (including phenoxy) is 2. The van der Waals surface area contributed by atoms with Gasteiger partial charge in [-0.25, -0.2) is 4.98 Å². The molecule has 1 aromatic heterocycles. The van der Waals surface area contributed by atoms with Crippen molar-refractivity contribution < 1.29 is 14.3 Å². The highest BCUT2D eigenvalue weighted by Gasteiger charge is 2.17. The number of hydrogen-bond donors (Lipinski definition) is 1. The Bertz CT molecular complexity index is 999. The normalized spacial score (nSPS) is 10.4. The van der Waals surface area contributed by atoms with E-state index in [0.717, 1.165) is 9.37 Å². The van der Waals surface area contributed by atoms with Crippen LogP contribution in [0.5, 0.6) is 11.5 Å². The molecular weight excluding hydrogens is 464 g/mol. The van der Waals surface area contributed by atoms with Crippen LogP contribution in [0.25, 0.3) is 0 Å². The van der Waals surface area contributed by atoms with Crippen LogP contribution in [-0.2, 0) is 0 Å². The second kappa shape index (κ2) is 9.32. The van der Waals surface area contributed by atoms with Gasteiger partial charge in [0.2, 0.25) is 0 Å². The molecule has 3 aromatic rings. The maximum absolute atomic E-state index is 12.9. The molecular formula is C20H16BrClN2O3S. The Balaban J connectivity index is 1.88. The van der Waals surface area contributed by atoms with Gasteiger partial charge in [-0.05, 0) is 36.4 Å². The molecule has 0 atom stereocenters. The first-order chi connectivity index (χ1) is 13.5. The number of pyridine rings is 1. The van der Waals surface area contributed by atoms with Crippen LogP contribution in [0, 0.1) is 0 Å². The lowest BCUT2D eigenvalue weighted by Crippen LogP contribution is -2.14. The lowest BCUT2D eigenvalue weighted by Gasteiger charge is -2.14. The molecule has 1 N–H and O–H groups in total. The van der Waals surface area contributed by atoms with Gasteiger partial charge in [0.15, 0.2) is 0 Å². The summed E-state index contributed by atoms with van der Waals surface area (Å²) in [6.07, 6.45) is 1.66.